The highest BCUT2D eigenvalue weighted by Crippen LogP contribution is 2.45. The van der Waals surface area contributed by atoms with E-state index in [9.17, 15) is 9.59 Å². The molecular formula is C20H28N2O4. The maximum Gasteiger partial charge on any atom is 0.257 e. The molecular weight excluding hydrogens is 332 g/mol. The molecule has 1 N–H and O–H groups in total. The van der Waals surface area contributed by atoms with Crippen molar-refractivity contribution < 1.29 is 18.7 Å². The van der Waals surface area contributed by atoms with Gasteiger partial charge in [0.1, 0.15) is 11.5 Å². The van der Waals surface area contributed by atoms with Crippen LogP contribution in [0, 0.1) is 31.1 Å². The number of nitrogens with zero attached hydrogens (tertiary/aromatic N) is 1. The van der Waals surface area contributed by atoms with Crippen LogP contribution in [0.25, 0.3) is 0 Å². The Morgan fingerprint density at radius 1 is 1.27 bits per heavy atom. The standard InChI is InChI=1S/C20H28N2O4/c1-13-9-16(14(2)26-13)19(24)22-11-17(18(23)21-10-15-3-4-15)20(12-22)5-7-25-8-6-20/h9,15,17H,3-8,10-12H2,1-2H3,(H,21,23). The lowest BCUT2D eigenvalue weighted by Crippen LogP contribution is -2.44. The molecule has 2 amide bonds. The lowest BCUT2D eigenvalue weighted by atomic mass is 9.71. The molecule has 3 heterocycles. The first-order valence-electron chi connectivity index (χ1n) is 9.70. The Balaban J connectivity index is 1.53. The summed E-state index contributed by atoms with van der Waals surface area (Å²) >= 11 is 0. The quantitative estimate of drug-likeness (QED) is 0.894. The molecule has 2 aliphatic heterocycles. The van der Waals surface area contributed by atoms with Gasteiger partial charge in [0.25, 0.3) is 5.91 Å². The van der Waals surface area contributed by atoms with Crippen molar-refractivity contribution in [1.29, 1.82) is 0 Å². The molecule has 1 unspecified atom stereocenters. The summed E-state index contributed by atoms with van der Waals surface area (Å²) in [5.74, 6) is 1.97. The third kappa shape index (κ3) is 3.27. The number of likely N-dealkylation sites (tertiary alicyclic amines) is 1. The van der Waals surface area contributed by atoms with Gasteiger partial charge in [0, 0.05) is 38.3 Å². The third-order valence-corrected chi connectivity index (χ3v) is 6.27. The zero-order chi connectivity index (χ0) is 18.3. The van der Waals surface area contributed by atoms with Crippen molar-refractivity contribution in [2.24, 2.45) is 17.3 Å². The average molecular weight is 360 g/mol. The van der Waals surface area contributed by atoms with Crippen LogP contribution in [-0.2, 0) is 9.53 Å². The monoisotopic (exact) mass is 360 g/mol. The van der Waals surface area contributed by atoms with E-state index in [2.05, 4.69) is 5.32 Å². The van der Waals surface area contributed by atoms with Crippen LogP contribution in [0.15, 0.2) is 10.5 Å². The fourth-order valence-corrected chi connectivity index (χ4v) is 4.47. The van der Waals surface area contributed by atoms with E-state index in [1.807, 2.05) is 18.7 Å². The Morgan fingerprint density at radius 2 is 2.00 bits per heavy atom. The van der Waals surface area contributed by atoms with Gasteiger partial charge in [-0.25, -0.2) is 0 Å². The first-order chi connectivity index (χ1) is 12.5. The third-order valence-electron chi connectivity index (χ3n) is 6.27. The van der Waals surface area contributed by atoms with Gasteiger partial charge < -0.3 is 19.4 Å². The number of furan rings is 1. The van der Waals surface area contributed by atoms with E-state index in [1.54, 1.807) is 6.07 Å². The number of amides is 2. The first kappa shape index (κ1) is 17.6. The molecule has 4 rings (SSSR count). The smallest absolute Gasteiger partial charge is 0.257 e. The summed E-state index contributed by atoms with van der Waals surface area (Å²) in [7, 11) is 0. The van der Waals surface area contributed by atoms with Gasteiger partial charge in [-0.15, -0.1) is 0 Å². The molecule has 1 aliphatic carbocycles. The van der Waals surface area contributed by atoms with Crippen molar-refractivity contribution in [3.63, 3.8) is 0 Å². The number of aryl methyl sites for hydroxylation is 2. The number of rotatable bonds is 4. The van der Waals surface area contributed by atoms with E-state index in [-0.39, 0.29) is 23.1 Å². The SMILES string of the molecule is Cc1cc(C(=O)N2CC(C(=O)NCC3CC3)C3(CCOCC3)C2)c(C)o1. The predicted molar refractivity (Wildman–Crippen MR) is 95.8 cm³/mol. The molecule has 142 valence electrons. The molecule has 1 spiro atoms. The lowest BCUT2D eigenvalue weighted by Gasteiger charge is -2.37. The minimum absolute atomic E-state index is 0.0253. The van der Waals surface area contributed by atoms with E-state index >= 15 is 0 Å². The Bertz CT molecular complexity index is 701. The van der Waals surface area contributed by atoms with E-state index < -0.39 is 0 Å². The highest BCUT2D eigenvalue weighted by atomic mass is 16.5. The van der Waals surface area contributed by atoms with Gasteiger partial charge in [-0.2, -0.15) is 0 Å². The van der Waals surface area contributed by atoms with Gasteiger partial charge in [0.15, 0.2) is 0 Å². The van der Waals surface area contributed by atoms with Crippen LogP contribution in [0.4, 0.5) is 0 Å². The van der Waals surface area contributed by atoms with Crippen molar-refractivity contribution in [2.75, 3.05) is 32.8 Å². The molecule has 3 fully saturated rings. The van der Waals surface area contributed by atoms with Crippen LogP contribution in [0.5, 0.6) is 0 Å². The molecule has 1 saturated carbocycles. The molecule has 0 bridgehead atoms. The van der Waals surface area contributed by atoms with Gasteiger partial charge in [0.05, 0.1) is 11.5 Å². The zero-order valence-corrected chi connectivity index (χ0v) is 15.7. The number of carbonyl (C=O) groups excluding carboxylic acids is 2. The van der Waals surface area contributed by atoms with Crippen molar-refractivity contribution in [1.82, 2.24) is 10.2 Å². The second kappa shape index (κ2) is 6.72. The maximum atomic E-state index is 13.1. The second-order valence-electron chi connectivity index (χ2n) is 8.23. The van der Waals surface area contributed by atoms with E-state index in [0.717, 1.165) is 25.1 Å². The van der Waals surface area contributed by atoms with E-state index in [0.29, 0.717) is 43.5 Å². The normalized spacial score (nSPS) is 24.8. The van der Waals surface area contributed by atoms with Crippen LogP contribution in [0.1, 0.15) is 47.6 Å². The number of hydrogen-bond donors (Lipinski definition) is 1. The van der Waals surface area contributed by atoms with E-state index in [1.165, 1.54) is 12.8 Å². The summed E-state index contributed by atoms with van der Waals surface area (Å²) < 4.78 is 11.1. The zero-order valence-electron chi connectivity index (χ0n) is 15.7. The minimum atomic E-state index is -0.159. The highest BCUT2D eigenvalue weighted by Gasteiger charge is 2.52. The van der Waals surface area contributed by atoms with Crippen LogP contribution >= 0.6 is 0 Å². The maximum absolute atomic E-state index is 13.1. The largest absolute Gasteiger partial charge is 0.466 e. The Hall–Kier alpha value is -1.82. The van der Waals surface area contributed by atoms with Crippen molar-refractivity contribution in [2.45, 2.75) is 39.5 Å². The fraction of sp³-hybridized carbons (Fsp3) is 0.700. The molecule has 6 nitrogen and oxygen atoms in total. The molecule has 0 radical (unpaired) electrons. The van der Waals surface area contributed by atoms with Gasteiger partial charge in [-0.3, -0.25) is 9.59 Å². The number of nitrogens with one attached hydrogen (secondary N) is 1. The number of carbonyl (C=O) groups is 2. The fourth-order valence-electron chi connectivity index (χ4n) is 4.47. The Labute approximate surface area is 154 Å². The topological polar surface area (TPSA) is 71.8 Å². The Kier molecular flexibility index (Phi) is 4.55. The molecule has 26 heavy (non-hydrogen) atoms. The average Bonchev–Trinajstić information content (AvgIpc) is 3.30. The molecule has 1 aromatic heterocycles. The number of hydrogen-bond acceptors (Lipinski definition) is 4. The van der Waals surface area contributed by atoms with Gasteiger partial charge in [0.2, 0.25) is 5.91 Å². The highest BCUT2D eigenvalue weighted by molar-refractivity contribution is 5.96. The van der Waals surface area contributed by atoms with Crippen molar-refractivity contribution in [3.8, 4) is 0 Å². The van der Waals surface area contributed by atoms with Crippen LogP contribution in [-0.4, -0.2) is 49.6 Å². The summed E-state index contributed by atoms with van der Waals surface area (Å²) in [5, 5.41) is 3.14. The number of ether oxygens (including phenoxy) is 1. The van der Waals surface area contributed by atoms with Crippen LogP contribution in [0.3, 0.4) is 0 Å². The minimum Gasteiger partial charge on any atom is -0.466 e. The molecule has 0 aromatic carbocycles. The summed E-state index contributed by atoms with van der Waals surface area (Å²) in [6.45, 7) is 6.88. The lowest BCUT2D eigenvalue weighted by molar-refractivity contribution is -0.129. The van der Waals surface area contributed by atoms with Crippen molar-refractivity contribution >= 4 is 11.8 Å². The first-order valence-corrected chi connectivity index (χ1v) is 9.70. The summed E-state index contributed by atoms with van der Waals surface area (Å²) in [5.41, 5.74) is 0.456. The summed E-state index contributed by atoms with van der Waals surface area (Å²) in [6.07, 6.45) is 4.10. The summed E-state index contributed by atoms with van der Waals surface area (Å²) in [6, 6.07) is 1.80. The van der Waals surface area contributed by atoms with Gasteiger partial charge in [-0.1, -0.05) is 0 Å². The van der Waals surface area contributed by atoms with Crippen LogP contribution < -0.4 is 5.32 Å². The van der Waals surface area contributed by atoms with Crippen LogP contribution in [0.2, 0.25) is 0 Å². The molecule has 2 saturated heterocycles. The molecule has 3 aliphatic rings. The summed E-state index contributed by atoms with van der Waals surface area (Å²) in [4.78, 5) is 27.8. The van der Waals surface area contributed by atoms with Gasteiger partial charge >= 0.3 is 0 Å². The predicted octanol–water partition coefficient (Wildman–Crippen LogP) is 2.29. The molecule has 1 atom stereocenters. The Morgan fingerprint density at radius 3 is 2.62 bits per heavy atom. The second-order valence-corrected chi connectivity index (χ2v) is 8.23. The molecule has 1 aromatic rings. The van der Waals surface area contributed by atoms with Crippen molar-refractivity contribution in [3.05, 3.63) is 23.2 Å². The molecule has 6 heteroatoms. The van der Waals surface area contributed by atoms with Gasteiger partial charge in [-0.05, 0) is 51.5 Å². The van der Waals surface area contributed by atoms with E-state index in [4.69, 9.17) is 9.15 Å².